The zero-order valence-corrected chi connectivity index (χ0v) is 23.0. The van der Waals surface area contributed by atoms with Gasteiger partial charge in [0.2, 0.25) is 5.91 Å². The standard InChI is InChI=1S/C29H34FN3O5S/c1-36-26-12-11-21(17-27(26)37-2)13-14-32(19-23-8-6-16-39-23)28(34)20-33(18-22-7-5-15-38-22)29(35)31-25-10-4-3-9-24(25)30/h3-4,6,8-12,16-17,22H,5,7,13-15,18-20H2,1-2H3,(H,31,35). The van der Waals surface area contributed by atoms with Gasteiger partial charge in [0, 0.05) is 24.6 Å². The number of halogens is 1. The number of carbonyl (C=O) groups excluding carboxylic acids is 2. The highest BCUT2D eigenvalue weighted by atomic mass is 32.1. The molecule has 10 heteroatoms. The van der Waals surface area contributed by atoms with E-state index in [1.807, 2.05) is 35.7 Å². The van der Waals surface area contributed by atoms with Crippen LogP contribution >= 0.6 is 11.3 Å². The van der Waals surface area contributed by atoms with E-state index in [1.165, 1.54) is 17.0 Å². The van der Waals surface area contributed by atoms with Crippen molar-refractivity contribution in [2.45, 2.75) is 31.9 Å². The van der Waals surface area contributed by atoms with Gasteiger partial charge in [-0.15, -0.1) is 11.3 Å². The largest absolute Gasteiger partial charge is 0.493 e. The number of carbonyl (C=O) groups is 2. The number of hydrogen-bond donors (Lipinski definition) is 1. The van der Waals surface area contributed by atoms with Crippen LogP contribution < -0.4 is 14.8 Å². The van der Waals surface area contributed by atoms with Crippen molar-refractivity contribution in [3.63, 3.8) is 0 Å². The summed E-state index contributed by atoms with van der Waals surface area (Å²) in [4.78, 5) is 31.1. The van der Waals surface area contributed by atoms with Crippen molar-refractivity contribution in [3.05, 3.63) is 76.2 Å². The van der Waals surface area contributed by atoms with Crippen LogP contribution in [0.1, 0.15) is 23.3 Å². The number of urea groups is 1. The lowest BCUT2D eigenvalue weighted by molar-refractivity contribution is -0.132. The number of amides is 3. The second kappa shape index (κ2) is 14.0. The molecule has 39 heavy (non-hydrogen) atoms. The van der Waals surface area contributed by atoms with Gasteiger partial charge in [0.25, 0.3) is 0 Å². The molecule has 1 unspecified atom stereocenters. The summed E-state index contributed by atoms with van der Waals surface area (Å²) < 4.78 is 30.7. The van der Waals surface area contributed by atoms with Crippen molar-refractivity contribution in [2.75, 3.05) is 45.8 Å². The second-order valence-corrected chi connectivity index (χ2v) is 10.3. The molecule has 0 saturated carbocycles. The molecule has 2 aromatic carbocycles. The van der Waals surface area contributed by atoms with Gasteiger partial charge in [-0.1, -0.05) is 24.3 Å². The third kappa shape index (κ3) is 7.93. The minimum absolute atomic E-state index is 0.0659. The Bertz CT molecular complexity index is 1230. The molecule has 0 spiro atoms. The molecule has 1 atom stereocenters. The minimum atomic E-state index is -0.542. The Labute approximate surface area is 232 Å². The van der Waals surface area contributed by atoms with Crippen molar-refractivity contribution < 1.29 is 28.2 Å². The highest BCUT2D eigenvalue weighted by Gasteiger charge is 2.27. The Morgan fingerprint density at radius 1 is 1.08 bits per heavy atom. The summed E-state index contributed by atoms with van der Waals surface area (Å²) in [6.45, 7) is 1.57. The number of nitrogens with one attached hydrogen (secondary N) is 1. The molecule has 1 aliphatic rings. The molecular weight excluding hydrogens is 521 g/mol. The van der Waals surface area contributed by atoms with Gasteiger partial charge in [-0.2, -0.15) is 0 Å². The lowest BCUT2D eigenvalue weighted by Crippen LogP contribution is -2.47. The van der Waals surface area contributed by atoms with Crippen LogP contribution in [0.3, 0.4) is 0 Å². The van der Waals surface area contributed by atoms with Crippen molar-refractivity contribution in [2.24, 2.45) is 0 Å². The molecular formula is C29H34FN3O5S. The van der Waals surface area contributed by atoms with Gasteiger partial charge in [-0.05, 0) is 60.5 Å². The maximum absolute atomic E-state index is 14.2. The quantitative estimate of drug-likeness (QED) is 0.333. The lowest BCUT2D eigenvalue weighted by atomic mass is 10.1. The van der Waals surface area contributed by atoms with E-state index in [1.54, 1.807) is 42.6 Å². The van der Waals surface area contributed by atoms with Gasteiger partial charge >= 0.3 is 6.03 Å². The zero-order chi connectivity index (χ0) is 27.6. The van der Waals surface area contributed by atoms with Crippen molar-refractivity contribution in [1.29, 1.82) is 0 Å². The molecule has 1 saturated heterocycles. The number of hydrogen-bond acceptors (Lipinski definition) is 6. The molecule has 1 aliphatic heterocycles. The number of anilines is 1. The molecule has 0 bridgehead atoms. The number of benzene rings is 2. The van der Waals surface area contributed by atoms with Gasteiger partial charge in [-0.25, -0.2) is 9.18 Å². The van der Waals surface area contributed by atoms with Gasteiger partial charge in [-0.3, -0.25) is 4.79 Å². The second-order valence-electron chi connectivity index (χ2n) is 9.26. The Morgan fingerprint density at radius 2 is 1.90 bits per heavy atom. The van der Waals surface area contributed by atoms with Crippen LogP contribution in [0, 0.1) is 5.82 Å². The normalized spacial score (nSPS) is 14.6. The predicted molar refractivity (Wildman–Crippen MR) is 149 cm³/mol. The van der Waals surface area contributed by atoms with Gasteiger partial charge in [0.15, 0.2) is 11.5 Å². The first-order valence-corrected chi connectivity index (χ1v) is 13.8. The lowest BCUT2D eigenvalue weighted by Gasteiger charge is -2.29. The minimum Gasteiger partial charge on any atom is -0.493 e. The van der Waals surface area contributed by atoms with Crippen LogP contribution in [0.2, 0.25) is 0 Å². The van der Waals surface area contributed by atoms with Crippen molar-refractivity contribution in [1.82, 2.24) is 9.80 Å². The van der Waals surface area contributed by atoms with E-state index in [2.05, 4.69) is 5.32 Å². The molecule has 1 N–H and O–H groups in total. The van der Waals surface area contributed by atoms with Crippen LogP contribution in [0.15, 0.2) is 60.0 Å². The van der Waals surface area contributed by atoms with E-state index in [4.69, 9.17) is 14.2 Å². The fourth-order valence-corrected chi connectivity index (χ4v) is 5.18. The summed E-state index contributed by atoms with van der Waals surface area (Å²) in [5.74, 6) is 0.520. The van der Waals surface area contributed by atoms with Crippen LogP contribution in [0.4, 0.5) is 14.9 Å². The van der Waals surface area contributed by atoms with Crippen LogP contribution in [-0.4, -0.2) is 68.3 Å². The summed E-state index contributed by atoms with van der Waals surface area (Å²) >= 11 is 1.57. The molecule has 208 valence electrons. The highest BCUT2D eigenvalue weighted by molar-refractivity contribution is 7.09. The van der Waals surface area contributed by atoms with E-state index >= 15 is 0 Å². The maximum Gasteiger partial charge on any atom is 0.322 e. The summed E-state index contributed by atoms with van der Waals surface area (Å²) in [6.07, 6.45) is 2.12. The summed E-state index contributed by atoms with van der Waals surface area (Å²) in [7, 11) is 3.17. The smallest absolute Gasteiger partial charge is 0.322 e. The molecule has 1 aromatic heterocycles. The van der Waals surface area contributed by atoms with Crippen molar-refractivity contribution in [3.8, 4) is 11.5 Å². The first-order chi connectivity index (χ1) is 19.0. The third-order valence-electron chi connectivity index (χ3n) is 6.57. The van der Waals surface area contributed by atoms with Crippen LogP contribution in [0.5, 0.6) is 11.5 Å². The number of nitrogens with zero attached hydrogens (tertiary/aromatic N) is 2. The Morgan fingerprint density at radius 3 is 2.59 bits per heavy atom. The fraction of sp³-hybridized carbons (Fsp3) is 0.379. The Hall–Kier alpha value is -3.63. The van der Waals surface area contributed by atoms with Crippen LogP contribution in [0.25, 0.3) is 0 Å². The molecule has 0 radical (unpaired) electrons. The number of methoxy groups -OCH3 is 2. The van der Waals surface area contributed by atoms with Gasteiger partial charge in [0.05, 0.1) is 32.6 Å². The molecule has 3 amide bonds. The molecule has 0 aliphatic carbocycles. The number of thiophene rings is 1. The molecule has 4 rings (SSSR count). The van der Waals surface area contributed by atoms with E-state index in [0.717, 1.165) is 23.3 Å². The number of ether oxygens (including phenoxy) is 3. The van der Waals surface area contributed by atoms with E-state index in [-0.39, 0.29) is 30.8 Å². The molecule has 2 heterocycles. The first-order valence-electron chi connectivity index (χ1n) is 12.9. The van der Waals surface area contributed by atoms with Crippen molar-refractivity contribution >= 4 is 29.0 Å². The molecule has 8 nitrogen and oxygen atoms in total. The monoisotopic (exact) mass is 555 g/mol. The topological polar surface area (TPSA) is 80.3 Å². The third-order valence-corrected chi connectivity index (χ3v) is 7.44. The molecule has 1 fully saturated rings. The average Bonchev–Trinajstić information content (AvgIpc) is 3.66. The Balaban J connectivity index is 1.49. The summed E-state index contributed by atoms with van der Waals surface area (Å²) in [6, 6.07) is 15.0. The SMILES string of the molecule is COc1ccc(CCN(Cc2cccs2)C(=O)CN(CC2CCCO2)C(=O)Nc2ccccc2F)cc1OC. The maximum atomic E-state index is 14.2. The summed E-state index contributed by atoms with van der Waals surface area (Å²) in [5, 5.41) is 4.59. The predicted octanol–water partition coefficient (Wildman–Crippen LogP) is 5.19. The highest BCUT2D eigenvalue weighted by Crippen LogP contribution is 2.28. The number of para-hydroxylation sites is 1. The van der Waals surface area contributed by atoms with E-state index < -0.39 is 11.8 Å². The number of rotatable bonds is 12. The fourth-order valence-electron chi connectivity index (χ4n) is 4.46. The zero-order valence-electron chi connectivity index (χ0n) is 22.2. The summed E-state index contributed by atoms with van der Waals surface area (Å²) in [5.41, 5.74) is 1.06. The average molecular weight is 556 g/mol. The Kier molecular flexibility index (Phi) is 10.2. The van der Waals surface area contributed by atoms with Gasteiger partial charge in [0.1, 0.15) is 12.4 Å². The van der Waals surface area contributed by atoms with E-state index in [9.17, 15) is 14.0 Å². The molecule has 3 aromatic rings. The van der Waals surface area contributed by atoms with Crippen LogP contribution in [-0.2, 0) is 22.5 Å². The first kappa shape index (κ1) is 28.4. The van der Waals surface area contributed by atoms with E-state index in [0.29, 0.717) is 37.6 Å². The van der Waals surface area contributed by atoms with Gasteiger partial charge < -0.3 is 29.3 Å².